The Balaban J connectivity index is 1.04. The molecule has 7 aliphatic heterocycles. The van der Waals surface area contributed by atoms with Crippen LogP contribution in [0.2, 0.25) is 0 Å². The number of nitrogens with zero attached hydrogens (tertiary/aromatic N) is 4. The van der Waals surface area contributed by atoms with Crippen LogP contribution in [0, 0.1) is 6.92 Å². The number of aromatic nitrogens is 1. The zero-order valence-corrected chi connectivity index (χ0v) is 32.0. The first-order valence-corrected chi connectivity index (χ1v) is 20.9. The number of hydrogen-bond donors (Lipinski definition) is 3. The Bertz CT molecular complexity index is 1570. The molecule has 0 spiro atoms. The smallest absolute Gasteiger partial charge is 0.251 e. The molecular formula is C40H57N7O5S. The maximum absolute atomic E-state index is 14.3. The van der Waals surface area contributed by atoms with Crippen molar-refractivity contribution in [3.63, 3.8) is 0 Å². The lowest BCUT2D eigenvalue weighted by Gasteiger charge is -2.41. The molecule has 3 N–H and O–H groups in total. The molecule has 288 valence electrons. The zero-order valence-electron chi connectivity index (χ0n) is 31.2. The maximum atomic E-state index is 14.3. The molecule has 12 nitrogen and oxygen atoms in total. The Morgan fingerprint density at radius 2 is 1.68 bits per heavy atom. The van der Waals surface area contributed by atoms with Gasteiger partial charge in [-0.05, 0) is 83.3 Å². The van der Waals surface area contributed by atoms with Crippen LogP contribution in [0.4, 0.5) is 0 Å². The van der Waals surface area contributed by atoms with Crippen LogP contribution in [0.3, 0.4) is 0 Å². The van der Waals surface area contributed by atoms with Crippen LogP contribution in [0.25, 0.3) is 0 Å². The minimum Gasteiger partial charge on any atom is -0.381 e. The number of piperidine rings is 2. The highest BCUT2D eigenvalue weighted by molar-refractivity contribution is 7.11. The molecule has 3 atom stereocenters. The summed E-state index contributed by atoms with van der Waals surface area (Å²) < 4.78 is 5.61. The van der Waals surface area contributed by atoms with Gasteiger partial charge in [-0.15, -0.1) is 11.3 Å². The molecule has 2 aromatic rings. The van der Waals surface area contributed by atoms with Crippen molar-refractivity contribution in [2.75, 3.05) is 52.5 Å². The van der Waals surface area contributed by atoms with Crippen molar-refractivity contribution >= 4 is 35.0 Å². The van der Waals surface area contributed by atoms with Gasteiger partial charge in [0.25, 0.3) is 5.91 Å². The van der Waals surface area contributed by atoms with Gasteiger partial charge in [0.2, 0.25) is 17.7 Å². The van der Waals surface area contributed by atoms with Gasteiger partial charge < -0.3 is 30.5 Å². The highest BCUT2D eigenvalue weighted by atomic mass is 32.1. The number of ether oxygens (including phenoxy) is 1. The lowest BCUT2D eigenvalue weighted by atomic mass is 9.96. The van der Waals surface area contributed by atoms with E-state index in [9.17, 15) is 19.2 Å². The number of carbonyl (C=O) groups excluding carboxylic acids is 4. The predicted molar refractivity (Wildman–Crippen MR) is 204 cm³/mol. The Labute approximate surface area is 317 Å². The van der Waals surface area contributed by atoms with Crippen LogP contribution in [0.15, 0.2) is 30.3 Å². The summed E-state index contributed by atoms with van der Waals surface area (Å²) in [6.07, 6.45) is 8.87. The Kier molecular flexibility index (Phi) is 12.8. The van der Waals surface area contributed by atoms with E-state index in [1.165, 1.54) is 0 Å². The van der Waals surface area contributed by atoms with Crippen LogP contribution in [-0.4, -0.2) is 126 Å². The summed E-state index contributed by atoms with van der Waals surface area (Å²) in [5, 5.41) is 11.2. The minimum atomic E-state index is -0.302. The average Bonchev–Trinajstić information content (AvgIpc) is 3.77. The first kappa shape index (κ1) is 37.9. The van der Waals surface area contributed by atoms with Crippen molar-refractivity contribution in [2.45, 2.75) is 120 Å². The zero-order chi connectivity index (χ0) is 36.7. The number of amides is 4. The molecule has 6 bridgehead atoms. The van der Waals surface area contributed by atoms with Gasteiger partial charge in [0.15, 0.2) is 0 Å². The number of aryl methyl sites for hydroxylation is 1. The van der Waals surface area contributed by atoms with Crippen molar-refractivity contribution in [3.05, 3.63) is 51.5 Å². The van der Waals surface area contributed by atoms with E-state index in [1.807, 2.05) is 30.0 Å². The third kappa shape index (κ3) is 9.65. The third-order valence-electron chi connectivity index (χ3n) is 12.1. The summed E-state index contributed by atoms with van der Waals surface area (Å²) in [7, 11) is 0. The second-order valence-electron chi connectivity index (χ2n) is 15.7. The molecule has 1 aromatic carbocycles. The Morgan fingerprint density at radius 1 is 0.943 bits per heavy atom. The number of benzene rings is 1. The average molecular weight is 748 g/mol. The molecular weight excluding hydrogens is 691 g/mol. The molecule has 0 saturated carbocycles. The molecule has 13 heteroatoms. The van der Waals surface area contributed by atoms with Crippen molar-refractivity contribution in [1.82, 2.24) is 35.6 Å². The van der Waals surface area contributed by atoms with Crippen LogP contribution < -0.4 is 16.0 Å². The number of carbonyl (C=O) groups is 4. The minimum absolute atomic E-state index is 0.0594. The third-order valence-corrected chi connectivity index (χ3v) is 13.3. The van der Waals surface area contributed by atoms with Crippen LogP contribution in [0.5, 0.6) is 0 Å². The molecule has 1 aromatic heterocycles. The summed E-state index contributed by atoms with van der Waals surface area (Å²) in [6.45, 7) is 7.74. The molecule has 4 fully saturated rings. The highest BCUT2D eigenvalue weighted by Crippen LogP contribution is 2.35. The molecule has 4 amide bonds. The molecule has 9 rings (SSSR count). The second-order valence-corrected chi connectivity index (χ2v) is 17.0. The number of unbranched alkanes of at least 4 members (excludes halogenated alkanes) is 1. The van der Waals surface area contributed by atoms with E-state index < -0.39 is 0 Å². The van der Waals surface area contributed by atoms with Crippen molar-refractivity contribution < 1.29 is 23.9 Å². The van der Waals surface area contributed by atoms with Crippen LogP contribution in [0.1, 0.15) is 102 Å². The standard InChI is InChI=1S/C40H57N7O5S/c1-27-34-25-36(48)43-31(9-5-6-16-41-38(50)28-7-3-2-4-8-28)24-37(49)45-19-12-33(13-20-45)47-26-32(42-30-14-21-52-22-15-30)23-35(47)40(51)46-17-10-29(11-18-46)39(44-34)53-27/h2-4,7-8,29-33,35,42H,5-6,9-26H2,1H3,(H,41,50)(H,43,48)/t31-,32-,35-/m0/s1. The molecule has 7 aliphatic rings. The summed E-state index contributed by atoms with van der Waals surface area (Å²) >= 11 is 1.67. The fourth-order valence-electron chi connectivity index (χ4n) is 9.02. The van der Waals surface area contributed by atoms with Gasteiger partial charge in [-0.2, -0.15) is 0 Å². The summed E-state index contributed by atoms with van der Waals surface area (Å²) in [5.74, 6) is 0.383. The molecule has 53 heavy (non-hydrogen) atoms. The van der Waals surface area contributed by atoms with Gasteiger partial charge in [-0.25, -0.2) is 4.98 Å². The number of nitrogens with one attached hydrogen (secondary N) is 3. The summed E-state index contributed by atoms with van der Waals surface area (Å²) in [4.78, 5) is 66.6. The monoisotopic (exact) mass is 747 g/mol. The first-order valence-electron chi connectivity index (χ1n) is 20.1. The van der Waals surface area contributed by atoms with E-state index in [1.54, 1.807) is 23.5 Å². The maximum Gasteiger partial charge on any atom is 0.251 e. The van der Waals surface area contributed by atoms with Gasteiger partial charge in [0.1, 0.15) is 0 Å². The quantitative estimate of drug-likeness (QED) is 0.350. The fourth-order valence-corrected chi connectivity index (χ4v) is 10.1. The Hall–Kier alpha value is -3.39. The van der Waals surface area contributed by atoms with Gasteiger partial charge >= 0.3 is 0 Å². The largest absolute Gasteiger partial charge is 0.381 e. The normalized spacial score (nSPS) is 27.9. The van der Waals surface area contributed by atoms with Gasteiger partial charge in [-0.3, -0.25) is 24.1 Å². The highest BCUT2D eigenvalue weighted by Gasteiger charge is 2.44. The lowest BCUT2D eigenvalue weighted by molar-refractivity contribution is -0.139. The topological polar surface area (TPSA) is 136 Å². The SMILES string of the molecule is Cc1sc2nc1CC(=O)N[C@@H](CCCCNC(=O)c1ccccc1)CC(=O)N1CCC(CC1)N1C[C@@H](NC3CCOCC3)C[C@H]1C(=O)N1CCC2CC1. The lowest BCUT2D eigenvalue weighted by Crippen LogP contribution is -2.54. The van der Waals surface area contributed by atoms with Gasteiger partial charge in [-0.1, -0.05) is 18.2 Å². The molecule has 4 saturated heterocycles. The van der Waals surface area contributed by atoms with E-state index in [2.05, 4.69) is 25.8 Å². The van der Waals surface area contributed by atoms with Crippen molar-refractivity contribution in [1.29, 1.82) is 0 Å². The predicted octanol–water partition coefficient (Wildman–Crippen LogP) is 3.39. The molecule has 0 radical (unpaired) electrons. The summed E-state index contributed by atoms with van der Waals surface area (Å²) in [5.41, 5.74) is 1.43. The first-order chi connectivity index (χ1) is 25.8. The number of rotatable bonds is 8. The van der Waals surface area contributed by atoms with Crippen molar-refractivity contribution in [3.8, 4) is 0 Å². The van der Waals surface area contributed by atoms with Crippen LogP contribution in [-0.2, 0) is 25.5 Å². The van der Waals surface area contributed by atoms with Gasteiger partial charge in [0, 0.05) is 99.4 Å². The van der Waals surface area contributed by atoms with E-state index in [0.29, 0.717) is 37.7 Å². The van der Waals surface area contributed by atoms with E-state index >= 15 is 0 Å². The van der Waals surface area contributed by atoms with Crippen molar-refractivity contribution in [2.24, 2.45) is 0 Å². The number of fused-ring (bicyclic) bond motifs is 2. The van der Waals surface area contributed by atoms with Gasteiger partial charge in [0.05, 0.1) is 23.2 Å². The fraction of sp³-hybridized carbons (Fsp3) is 0.675. The summed E-state index contributed by atoms with van der Waals surface area (Å²) in [6, 6.07) is 9.67. The Morgan fingerprint density at radius 3 is 2.43 bits per heavy atom. The molecule has 0 unspecified atom stereocenters. The van der Waals surface area contributed by atoms with E-state index in [-0.39, 0.29) is 66.6 Å². The molecule has 8 heterocycles. The van der Waals surface area contributed by atoms with E-state index in [4.69, 9.17) is 9.72 Å². The van der Waals surface area contributed by atoms with E-state index in [0.717, 1.165) is 106 Å². The molecule has 0 aliphatic carbocycles. The van der Waals surface area contributed by atoms with Crippen LogP contribution >= 0.6 is 11.3 Å². The second kappa shape index (κ2) is 17.8. The number of hydrogen-bond acceptors (Lipinski definition) is 9. The number of thiazole rings is 1.